The summed E-state index contributed by atoms with van der Waals surface area (Å²) in [6.07, 6.45) is 1.01. The van der Waals surface area contributed by atoms with Crippen molar-refractivity contribution in [3.05, 3.63) is 23.8 Å². The Morgan fingerprint density at radius 1 is 1.24 bits per heavy atom. The number of fused-ring (bicyclic) bond motifs is 1. The van der Waals surface area contributed by atoms with Gasteiger partial charge in [0.25, 0.3) is 0 Å². The van der Waals surface area contributed by atoms with Crippen molar-refractivity contribution in [2.45, 2.75) is 36.8 Å². The lowest BCUT2D eigenvalue weighted by Crippen LogP contribution is -2.20. The molecular weight excluding hydrogens is 238 g/mol. The number of carbonyl (C=O) groups excluding carboxylic acids is 1. The van der Waals surface area contributed by atoms with Crippen molar-refractivity contribution in [1.29, 1.82) is 0 Å². The first-order chi connectivity index (χ1) is 7.91. The SMILES string of the molecule is CC(C)S(=O)(=O)c1ccc2c(c1)CCC(=O)N2. The molecule has 17 heavy (non-hydrogen) atoms. The van der Waals surface area contributed by atoms with Gasteiger partial charge in [0.15, 0.2) is 9.84 Å². The lowest BCUT2D eigenvalue weighted by molar-refractivity contribution is -0.116. The molecule has 92 valence electrons. The number of carbonyl (C=O) groups is 1. The summed E-state index contributed by atoms with van der Waals surface area (Å²) < 4.78 is 24.0. The smallest absolute Gasteiger partial charge is 0.224 e. The molecule has 4 nitrogen and oxygen atoms in total. The van der Waals surface area contributed by atoms with E-state index in [0.717, 1.165) is 11.3 Å². The first-order valence-corrected chi connectivity index (χ1v) is 7.12. The first-order valence-electron chi connectivity index (χ1n) is 5.58. The van der Waals surface area contributed by atoms with E-state index in [-0.39, 0.29) is 5.91 Å². The fraction of sp³-hybridized carbons (Fsp3) is 0.417. The van der Waals surface area contributed by atoms with Gasteiger partial charge in [0.05, 0.1) is 10.1 Å². The maximum atomic E-state index is 12.0. The van der Waals surface area contributed by atoms with Crippen LogP contribution in [0.1, 0.15) is 25.8 Å². The molecular formula is C12H15NO3S. The third-order valence-electron chi connectivity index (χ3n) is 2.92. The van der Waals surface area contributed by atoms with Crippen LogP contribution in [0.2, 0.25) is 0 Å². The monoisotopic (exact) mass is 253 g/mol. The molecule has 1 aliphatic heterocycles. The van der Waals surface area contributed by atoms with E-state index in [1.807, 2.05) is 0 Å². The summed E-state index contributed by atoms with van der Waals surface area (Å²) in [6.45, 7) is 3.33. The van der Waals surface area contributed by atoms with Crippen LogP contribution >= 0.6 is 0 Å². The summed E-state index contributed by atoms with van der Waals surface area (Å²) in [7, 11) is -3.24. The fourth-order valence-electron chi connectivity index (χ4n) is 1.81. The number of hydrogen-bond acceptors (Lipinski definition) is 3. The molecule has 1 amide bonds. The summed E-state index contributed by atoms with van der Waals surface area (Å²) in [5.74, 6) is -0.0167. The topological polar surface area (TPSA) is 63.2 Å². The van der Waals surface area contributed by atoms with Crippen LogP contribution in [0, 0.1) is 0 Å². The Hall–Kier alpha value is -1.36. The predicted octanol–water partition coefficient (Wildman–Crippen LogP) is 1.75. The number of nitrogens with one attached hydrogen (secondary N) is 1. The average Bonchev–Trinajstić information content (AvgIpc) is 2.28. The molecule has 1 aromatic carbocycles. The van der Waals surface area contributed by atoms with Crippen molar-refractivity contribution in [2.75, 3.05) is 5.32 Å². The van der Waals surface area contributed by atoms with Crippen molar-refractivity contribution in [3.8, 4) is 0 Å². The van der Waals surface area contributed by atoms with E-state index in [1.54, 1.807) is 32.0 Å². The Balaban J connectivity index is 2.45. The van der Waals surface area contributed by atoms with Gasteiger partial charge in [-0.15, -0.1) is 0 Å². The van der Waals surface area contributed by atoms with Crippen LogP contribution < -0.4 is 5.32 Å². The minimum absolute atomic E-state index is 0.0167. The van der Waals surface area contributed by atoms with Crippen molar-refractivity contribution in [2.24, 2.45) is 0 Å². The number of benzene rings is 1. The highest BCUT2D eigenvalue weighted by atomic mass is 32.2. The third kappa shape index (κ3) is 2.20. The zero-order valence-corrected chi connectivity index (χ0v) is 10.7. The fourth-order valence-corrected chi connectivity index (χ4v) is 2.92. The molecule has 0 atom stereocenters. The van der Waals surface area contributed by atoms with E-state index in [9.17, 15) is 13.2 Å². The highest BCUT2D eigenvalue weighted by Gasteiger charge is 2.22. The van der Waals surface area contributed by atoms with E-state index in [2.05, 4.69) is 5.32 Å². The molecule has 0 aromatic heterocycles. The number of sulfone groups is 1. The quantitative estimate of drug-likeness (QED) is 0.873. The standard InChI is InChI=1S/C12H15NO3S/c1-8(2)17(15,16)10-4-5-11-9(7-10)3-6-12(14)13-11/h4-5,7-8H,3,6H2,1-2H3,(H,13,14). The summed E-state index contributed by atoms with van der Waals surface area (Å²) in [6, 6.07) is 4.89. The van der Waals surface area contributed by atoms with Gasteiger partial charge >= 0.3 is 0 Å². The minimum Gasteiger partial charge on any atom is -0.326 e. The van der Waals surface area contributed by atoms with E-state index in [0.29, 0.717) is 17.7 Å². The van der Waals surface area contributed by atoms with Gasteiger partial charge in [0.1, 0.15) is 0 Å². The zero-order valence-electron chi connectivity index (χ0n) is 9.86. The number of amides is 1. The normalized spacial score (nSPS) is 15.6. The minimum atomic E-state index is -3.24. The van der Waals surface area contributed by atoms with E-state index >= 15 is 0 Å². The molecule has 0 unspecified atom stereocenters. The Kier molecular flexibility index (Phi) is 2.95. The van der Waals surface area contributed by atoms with Gasteiger partial charge in [0.2, 0.25) is 5.91 Å². The molecule has 1 aliphatic rings. The molecule has 0 bridgehead atoms. The van der Waals surface area contributed by atoms with Crippen molar-refractivity contribution in [1.82, 2.24) is 0 Å². The van der Waals surface area contributed by atoms with Crippen LogP contribution in [0.3, 0.4) is 0 Å². The number of hydrogen-bond donors (Lipinski definition) is 1. The van der Waals surface area contributed by atoms with Crippen molar-refractivity contribution < 1.29 is 13.2 Å². The molecule has 1 aromatic rings. The second-order valence-corrected chi connectivity index (χ2v) is 6.97. The third-order valence-corrected chi connectivity index (χ3v) is 5.07. The largest absolute Gasteiger partial charge is 0.326 e. The van der Waals surface area contributed by atoms with Crippen molar-refractivity contribution in [3.63, 3.8) is 0 Å². The predicted molar refractivity (Wildman–Crippen MR) is 65.7 cm³/mol. The number of anilines is 1. The molecule has 5 heteroatoms. The second kappa shape index (κ2) is 4.14. The van der Waals surface area contributed by atoms with Gasteiger partial charge in [-0.2, -0.15) is 0 Å². The number of rotatable bonds is 2. The number of aryl methyl sites for hydroxylation is 1. The molecule has 0 radical (unpaired) electrons. The van der Waals surface area contributed by atoms with Gasteiger partial charge in [-0.25, -0.2) is 8.42 Å². The molecule has 0 saturated heterocycles. The molecule has 0 saturated carbocycles. The molecule has 0 aliphatic carbocycles. The Bertz CT molecular complexity index is 561. The van der Waals surface area contributed by atoms with Crippen LogP contribution in [0.25, 0.3) is 0 Å². The van der Waals surface area contributed by atoms with Crippen LogP contribution in [0.15, 0.2) is 23.1 Å². The summed E-state index contributed by atoms with van der Waals surface area (Å²) in [5, 5.41) is 2.30. The van der Waals surface area contributed by atoms with Gasteiger partial charge in [0, 0.05) is 12.1 Å². The van der Waals surface area contributed by atoms with Crippen LogP contribution in [-0.2, 0) is 21.1 Å². The van der Waals surface area contributed by atoms with Crippen LogP contribution in [0.4, 0.5) is 5.69 Å². The summed E-state index contributed by atoms with van der Waals surface area (Å²) >= 11 is 0. The maximum absolute atomic E-state index is 12.0. The average molecular weight is 253 g/mol. The van der Waals surface area contributed by atoms with Crippen LogP contribution in [-0.4, -0.2) is 19.6 Å². The Labute approximate surface area is 101 Å². The van der Waals surface area contributed by atoms with Gasteiger partial charge in [-0.1, -0.05) is 0 Å². The van der Waals surface area contributed by atoms with E-state index < -0.39 is 15.1 Å². The van der Waals surface area contributed by atoms with E-state index in [1.165, 1.54) is 0 Å². The zero-order chi connectivity index (χ0) is 12.6. The first kappa shape index (κ1) is 12.1. The van der Waals surface area contributed by atoms with E-state index in [4.69, 9.17) is 0 Å². The molecule has 0 spiro atoms. The molecule has 1 N–H and O–H groups in total. The van der Waals surface area contributed by atoms with Gasteiger partial charge < -0.3 is 5.32 Å². The Morgan fingerprint density at radius 3 is 2.59 bits per heavy atom. The Morgan fingerprint density at radius 2 is 1.94 bits per heavy atom. The highest BCUT2D eigenvalue weighted by molar-refractivity contribution is 7.92. The molecule has 0 fully saturated rings. The lowest BCUT2D eigenvalue weighted by atomic mass is 10.0. The molecule has 1 heterocycles. The van der Waals surface area contributed by atoms with Crippen molar-refractivity contribution >= 4 is 21.4 Å². The summed E-state index contributed by atoms with van der Waals surface area (Å²) in [4.78, 5) is 11.5. The van der Waals surface area contributed by atoms with Gasteiger partial charge in [-0.3, -0.25) is 4.79 Å². The lowest BCUT2D eigenvalue weighted by Gasteiger charge is -2.18. The second-order valence-electron chi connectivity index (χ2n) is 4.46. The maximum Gasteiger partial charge on any atom is 0.224 e. The molecule has 2 rings (SSSR count). The van der Waals surface area contributed by atoms with Gasteiger partial charge in [-0.05, 0) is 44.0 Å². The summed E-state index contributed by atoms with van der Waals surface area (Å²) in [5.41, 5.74) is 1.62. The highest BCUT2D eigenvalue weighted by Crippen LogP contribution is 2.26. The van der Waals surface area contributed by atoms with Crippen LogP contribution in [0.5, 0.6) is 0 Å².